The van der Waals surface area contributed by atoms with Gasteiger partial charge in [0.05, 0.1) is 36.6 Å². The van der Waals surface area contributed by atoms with Crippen LogP contribution in [0.25, 0.3) is 0 Å². The van der Waals surface area contributed by atoms with E-state index in [9.17, 15) is 19.6 Å². The van der Waals surface area contributed by atoms with Crippen molar-refractivity contribution < 1.29 is 23.9 Å². The van der Waals surface area contributed by atoms with Gasteiger partial charge in [0, 0.05) is 16.1 Å². The van der Waals surface area contributed by atoms with Crippen LogP contribution in [0.1, 0.15) is 11.5 Å². The Labute approximate surface area is 203 Å². The average Bonchev–Trinajstić information content (AvgIpc) is 2.82. The van der Waals surface area contributed by atoms with Crippen molar-refractivity contribution in [3.63, 3.8) is 0 Å². The highest BCUT2D eigenvalue weighted by Crippen LogP contribution is 2.40. The summed E-state index contributed by atoms with van der Waals surface area (Å²) >= 11 is 4.40. The minimum atomic E-state index is -1.23. The molecule has 0 spiro atoms. The Balaban J connectivity index is 1.86. The number of ether oxygens (including phenoxy) is 2. The summed E-state index contributed by atoms with van der Waals surface area (Å²) in [6.45, 7) is 0. The SMILES string of the molecule is COC(=O)[C@H]1C(=O)NC(SCC(=O)Nc2ccc(OC)cc2)=C(C#N)[C@@H]1c1cccc(Br)c1. The van der Waals surface area contributed by atoms with Crippen LogP contribution < -0.4 is 15.4 Å². The number of nitrogens with one attached hydrogen (secondary N) is 2. The largest absolute Gasteiger partial charge is 0.497 e. The van der Waals surface area contributed by atoms with Gasteiger partial charge in [0.2, 0.25) is 11.8 Å². The van der Waals surface area contributed by atoms with Crippen molar-refractivity contribution in [2.24, 2.45) is 5.92 Å². The fourth-order valence-electron chi connectivity index (χ4n) is 3.39. The summed E-state index contributed by atoms with van der Waals surface area (Å²) in [5.41, 5.74) is 1.37. The molecule has 0 unspecified atom stereocenters. The second-order valence-corrected chi connectivity index (χ2v) is 8.84. The molecular formula is C23H20BrN3O5S. The van der Waals surface area contributed by atoms with Crippen molar-refractivity contribution in [2.45, 2.75) is 5.92 Å². The van der Waals surface area contributed by atoms with E-state index in [0.29, 0.717) is 17.0 Å². The number of hydrogen-bond acceptors (Lipinski definition) is 7. The monoisotopic (exact) mass is 529 g/mol. The zero-order chi connectivity index (χ0) is 24.0. The van der Waals surface area contributed by atoms with Crippen LogP contribution in [0.4, 0.5) is 5.69 Å². The molecule has 170 valence electrons. The first-order valence-electron chi connectivity index (χ1n) is 9.73. The van der Waals surface area contributed by atoms with Crippen molar-refractivity contribution in [1.82, 2.24) is 5.32 Å². The fourth-order valence-corrected chi connectivity index (χ4v) is 4.65. The normalized spacial score (nSPS) is 17.6. The standard InChI is InChI=1S/C23H20BrN3O5S/c1-31-16-8-6-15(7-9-16)26-18(28)12-33-22-17(11-25)19(13-4-3-5-14(24)10-13)20(21(29)27-22)23(30)32-2/h3-10,19-20H,12H2,1-2H3,(H,26,28)(H,27,29)/t19-,20+/m0/s1. The first kappa shape index (κ1) is 24.4. The van der Waals surface area contributed by atoms with Crippen LogP contribution in [0.2, 0.25) is 0 Å². The van der Waals surface area contributed by atoms with Gasteiger partial charge in [0.25, 0.3) is 0 Å². The van der Waals surface area contributed by atoms with Crippen LogP contribution in [0.15, 0.2) is 63.6 Å². The zero-order valence-electron chi connectivity index (χ0n) is 17.8. The Morgan fingerprint density at radius 1 is 1.21 bits per heavy atom. The summed E-state index contributed by atoms with van der Waals surface area (Å²) in [4.78, 5) is 37.7. The highest BCUT2D eigenvalue weighted by molar-refractivity contribution is 9.10. The van der Waals surface area contributed by atoms with Crippen molar-refractivity contribution >= 4 is 51.2 Å². The molecule has 2 aromatic carbocycles. The molecule has 2 amide bonds. The number of benzene rings is 2. The van der Waals surface area contributed by atoms with E-state index in [1.165, 1.54) is 7.11 Å². The summed E-state index contributed by atoms with van der Waals surface area (Å²) in [6, 6.07) is 16.0. The molecule has 3 rings (SSSR count). The van der Waals surface area contributed by atoms with Crippen LogP contribution >= 0.6 is 27.7 Å². The van der Waals surface area contributed by atoms with Crippen LogP contribution in [-0.4, -0.2) is 37.8 Å². The number of amides is 2. The quantitative estimate of drug-likeness (QED) is 0.415. The number of carbonyl (C=O) groups excluding carboxylic acids is 3. The van der Waals surface area contributed by atoms with Gasteiger partial charge < -0.3 is 20.1 Å². The van der Waals surface area contributed by atoms with E-state index in [2.05, 4.69) is 32.6 Å². The molecule has 1 aliphatic heterocycles. The Morgan fingerprint density at radius 2 is 1.94 bits per heavy atom. The van der Waals surface area contributed by atoms with Crippen LogP contribution in [0, 0.1) is 17.2 Å². The van der Waals surface area contributed by atoms with Gasteiger partial charge in [-0.05, 0) is 42.0 Å². The van der Waals surface area contributed by atoms with E-state index >= 15 is 0 Å². The minimum absolute atomic E-state index is 0.0546. The second kappa shape index (κ2) is 11.0. The van der Waals surface area contributed by atoms with E-state index < -0.39 is 23.7 Å². The molecule has 2 aromatic rings. The summed E-state index contributed by atoms with van der Waals surface area (Å²) in [5, 5.41) is 15.5. The molecule has 33 heavy (non-hydrogen) atoms. The maximum atomic E-state index is 12.8. The maximum absolute atomic E-state index is 12.8. The van der Waals surface area contributed by atoms with Gasteiger partial charge >= 0.3 is 5.97 Å². The number of nitrogens with zero attached hydrogens (tertiary/aromatic N) is 1. The molecule has 0 radical (unpaired) electrons. The molecule has 0 saturated heterocycles. The van der Waals surface area contributed by atoms with Gasteiger partial charge in [-0.2, -0.15) is 5.26 Å². The zero-order valence-corrected chi connectivity index (χ0v) is 20.2. The van der Waals surface area contributed by atoms with Gasteiger partial charge in [0.15, 0.2) is 0 Å². The van der Waals surface area contributed by atoms with Crippen molar-refractivity contribution in [3.8, 4) is 11.8 Å². The number of halogens is 1. The van der Waals surface area contributed by atoms with Crippen molar-refractivity contribution in [1.29, 1.82) is 5.26 Å². The van der Waals surface area contributed by atoms with E-state index in [4.69, 9.17) is 9.47 Å². The van der Waals surface area contributed by atoms with E-state index in [1.807, 2.05) is 0 Å². The number of hydrogen-bond donors (Lipinski definition) is 2. The molecule has 0 aliphatic carbocycles. The predicted octanol–water partition coefficient (Wildman–Crippen LogP) is 3.57. The molecule has 2 atom stereocenters. The van der Waals surface area contributed by atoms with Gasteiger partial charge in [0.1, 0.15) is 11.7 Å². The molecule has 8 nitrogen and oxygen atoms in total. The third kappa shape index (κ3) is 5.74. The lowest BCUT2D eigenvalue weighted by Crippen LogP contribution is -2.44. The van der Waals surface area contributed by atoms with Crippen molar-refractivity contribution in [2.75, 3.05) is 25.3 Å². The Kier molecular flexibility index (Phi) is 8.14. The molecule has 1 heterocycles. The number of esters is 1. The topological polar surface area (TPSA) is 118 Å². The Hall–Kier alpha value is -3.29. The van der Waals surface area contributed by atoms with Crippen LogP contribution in [0.3, 0.4) is 0 Å². The maximum Gasteiger partial charge on any atom is 0.319 e. The Bertz CT molecular complexity index is 1140. The molecule has 0 saturated carbocycles. The summed E-state index contributed by atoms with van der Waals surface area (Å²) in [6.07, 6.45) is 0. The fraction of sp³-hybridized carbons (Fsp3) is 0.217. The molecule has 2 N–H and O–H groups in total. The first-order chi connectivity index (χ1) is 15.9. The molecule has 1 aliphatic rings. The summed E-state index contributed by atoms with van der Waals surface area (Å²) < 4.78 is 10.7. The number of rotatable bonds is 7. The van der Waals surface area contributed by atoms with Crippen LogP contribution in [0.5, 0.6) is 5.75 Å². The molecule has 10 heteroatoms. The average molecular weight is 530 g/mol. The third-order valence-electron chi connectivity index (χ3n) is 4.91. The van der Waals surface area contributed by atoms with Gasteiger partial charge in [-0.25, -0.2) is 0 Å². The number of methoxy groups -OCH3 is 2. The van der Waals surface area contributed by atoms with Crippen LogP contribution in [-0.2, 0) is 19.1 Å². The number of thioether (sulfide) groups is 1. The minimum Gasteiger partial charge on any atom is -0.497 e. The smallest absolute Gasteiger partial charge is 0.319 e. The number of nitriles is 1. The lowest BCUT2D eigenvalue weighted by atomic mass is 9.78. The molecule has 0 bridgehead atoms. The van der Waals surface area contributed by atoms with E-state index in [-0.39, 0.29) is 22.3 Å². The number of allylic oxidation sites excluding steroid dienone is 1. The highest BCUT2D eigenvalue weighted by atomic mass is 79.9. The summed E-state index contributed by atoms with van der Waals surface area (Å²) in [5.74, 6) is -3.12. The van der Waals surface area contributed by atoms with Gasteiger partial charge in [-0.3, -0.25) is 14.4 Å². The third-order valence-corrected chi connectivity index (χ3v) is 6.42. The van der Waals surface area contributed by atoms with Gasteiger partial charge in [-0.1, -0.05) is 39.8 Å². The Morgan fingerprint density at radius 3 is 2.55 bits per heavy atom. The lowest BCUT2D eigenvalue weighted by Gasteiger charge is -2.31. The van der Waals surface area contributed by atoms with Gasteiger partial charge in [-0.15, -0.1) is 0 Å². The second-order valence-electron chi connectivity index (χ2n) is 6.94. The van der Waals surface area contributed by atoms with Crippen molar-refractivity contribution in [3.05, 3.63) is 69.2 Å². The highest BCUT2D eigenvalue weighted by Gasteiger charge is 2.44. The van der Waals surface area contributed by atoms with E-state index in [0.717, 1.165) is 16.2 Å². The molecular weight excluding hydrogens is 510 g/mol. The predicted molar refractivity (Wildman–Crippen MR) is 127 cm³/mol. The molecule has 0 aromatic heterocycles. The lowest BCUT2D eigenvalue weighted by molar-refractivity contribution is -0.150. The van der Waals surface area contributed by atoms with E-state index in [1.54, 1.807) is 55.6 Å². The first-order valence-corrected chi connectivity index (χ1v) is 11.5. The number of carbonyl (C=O) groups is 3. The summed E-state index contributed by atoms with van der Waals surface area (Å²) in [7, 11) is 2.74. The molecule has 0 fully saturated rings. The number of anilines is 1.